The molecule has 0 saturated carbocycles. The summed E-state index contributed by atoms with van der Waals surface area (Å²) in [5, 5.41) is 9.31. The Morgan fingerprint density at radius 3 is 2.80 bits per heavy atom. The smallest absolute Gasteiger partial charge is 0.313 e. The molecule has 0 amide bonds. The minimum absolute atomic E-state index is 0.607. The molecule has 1 N–H and O–H groups in total. The van der Waals surface area contributed by atoms with E-state index in [4.69, 9.17) is 4.74 Å². The number of hydrogen-bond donors (Lipinski definition) is 1. The first-order valence-corrected chi connectivity index (χ1v) is 5.44. The van der Waals surface area contributed by atoms with E-state index in [1.807, 2.05) is 13.8 Å². The fourth-order valence-corrected chi connectivity index (χ4v) is 2.41. The summed E-state index contributed by atoms with van der Waals surface area (Å²) in [4.78, 5) is 11.3. The van der Waals surface area contributed by atoms with Crippen LogP contribution in [-0.4, -0.2) is 24.8 Å². The molecule has 1 aliphatic carbocycles. The molecule has 0 bridgehead atoms. The summed E-state index contributed by atoms with van der Waals surface area (Å²) in [5.74, 6) is -0.701. The van der Waals surface area contributed by atoms with Crippen LogP contribution in [-0.2, 0) is 9.53 Å². The van der Waals surface area contributed by atoms with Gasteiger partial charge in [-0.05, 0) is 39.5 Å². The molecular weight excluding hydrogens is 192 g/mol. The van der Waals surface area contributed by atoms with Crippen LogP contribution in [0, 0.1) is 5.41 Å². The first-order valence-electron chi connectivity index (χ1n) is 5.44. The van der Waals surface area contributed by atoms with Crippen molar-refractivity contribution in [2.45, 2.75) is 39.5 Å². The number of carboxylic acids is 1. The molecule has 3 heteroatoms. The molecule has 0 aromatic heterocycles. The zero-order valence-electron chi connectivity index (χ0n) is 9.80. The molecule has 0 aromatic carbocycles. The lowest BCUT2D eigenvalue weighted by atomic mass is 9.70. The van der Waals surface area contributed by atoms with Crippen molar-refractivity contribution >= 4 is 5.97 Å². The van der Waals surface area contributed by atoms with Crippen LogP contribution in [0.2, 0.25) is 0 Å². The van der Waals surface area contributed by atoms with Crippen LogP contribution in [0.25, 0.3) is 0 Å². The quantitative estimate of drug-likeness (QED) is 0.729. The number of hydrogen-bond acceptors (Lipinski definition) is 2. The molecule has 1 rings (SSSR count). The first kappa shape index (κ1) is 12.2. The maximum absolute atomic E-state index is 11.3. The van der Waals surface area contributed by atoms with E-state index in [2.05, 4.69) is 0 Å². The minimum atomic E-state index is -0.701. The number of methoxy groups -OCH3 is 1. The number of carboxylic acid groups (broad SMARTS) is 1. The second kappa shape index (κ2) is 4.79. The normalized spacial score (nSPS) is 26.9. The van der Waals surface area contributed by atoms with Gasteiger partial charge in [-0.25, -0.2) is 0 Å². The Morgan fingerprint density at radius 2 is 2.27 bits per heavy atom. The Kier molecular flexibility index (Phi) is 3.91. The van der Waals surface area contributed by atoms with Crippen LogP contribution in [0.3, 0.4) is 0 Å². The molecule has 0 aromatic rings. The van der Waals surface area contributed by atoms with Crippen molar-refractivity contribution in [3.63, 3.8) is 0 Å². The standard InChI is InChI=1S/C12H20O3/c1-9-5-4-7-12(2,11(13)14)10(9)6-8-15-3/h4-8H2,1-3H3,(H,13,14)/t12-/m0/s1. The minimum Gasteiger partial charge on any atom is -0.481 e. The van der Waals surface area contributed by atoms with Crippen LogP contribution in [0.15, 0.2) is 11.1 Å². The van der Waals surface area contributed by atoms with E-state index in [0.29, 0.717) is 6.61 Å². The summed E-state index contributed by atoms with van der Waals surface area (Å²) in [6.45, 7) is 4.49. The molecule has 3 nitrogen and oxygen atoms in total. The van der Waals surface area contributed by atoms with Crippen molar-refractivity contribution < 1.29 is 14.6 Å². The highest BCUT2D eigenvalue weighted by molar-refractivity contribution is 5.78. The van der Waals surface area contributed by atoms with Crippen LogP contribution in [0.1, 0.15) is 39.5 Å². The zero-order chi connectivity index (χ0) is 11.5. The summed E-state index contributed by atoms with van der Waals surface area (Å²) < 4.78 is 5.04. The summed E-state index contributed by atoms with van der Waals surface area (Å²) >= 11 is 0. The lowest BCUT2D eigenvalue weighted by Gasteiger charge is -2.34. The number of aliphatic carboxylic acids is 1. The van der Waals surface area contributed by atoms with Gasteiger partial charge in [0, 0.05) is 13.7 Å². The van der Waals surface area contributed by atoms with Gasteiger partial charge >= 0.3 is 5.97 Å². The highest BCUT2D eigenvalue weighted by Crippen LogP contribution is 2.42. The third-order valence-electron chi connectivity index (χ3n) is 3.44. The van der Waals surface area contributed by atoms with Gasteiger partial charge in [-0.2, -0.15) is 0 Å². The van der Waals surface area contributed by atoms with Crippen LogP contribution in [0.4, 0.5) is 0 Å². The molecular formula is C12H20O3. The predicted molar refractivity (Wildman–Crippen MR) is 58.8 cm³/mol. The highest BCUT2D eigenvalue weighted by atomic mass is 16.5. The number of carbonyl (C=O) groups is 1. The van der Waals surface area contributed by atoms with Crippen molar-refractivity contribution in [2.75, 3.05) is 13.7 Å². The lowest BCUT2D eigenvalue weighted by Crippen LogP contribution is -2.33. The fourth-order valence-electron chi connectivity index (χ4n) is 2.41. The molecule has 0 radical (unpaired) electrons. The van der Waals surface area contributed by atoms with Crippen molar-refractivity contribution in [1.82, 2.24) is 0 Å². The van der Waals surface area contributed by atoms with Gasteiger partial charge < -0.3 is 9.84 Å². The Labute approximate surface area is 91.1 Å². The molecule has 0 aliphatic heterocycles. The third-order valence-corrected chi connectivity index (χ3v) is 3.44. The summed E-state index contributed by atoms with van der Waals surface area (Å²) in [5.41, 5.74) is 1.65. The molecule has 1 atom stereocenters. The van der Waals surface area contributed by atoms with Gasteiger partial charge in [0.2, 0.25) is 0 Å². The van der Waals surface area contributed by atoms with Gasteiger partial charge in [0.25, 0.3) is 0 Å². The van der Waals surface area contributed by atoms with E-state index in [9.17, 15) is 9.90 Å². The van der Waals surface area contributed by atoms with Gasteiger partial charge in [-0.15, -0.1) is 0 Å². The first-order chi connectivity index (χ1) is 7.02. The molecule has 15 heavy (non-hydrogen) atoms. The third kappa shape index (κ3) is 2.40. The summed E-state index contributed by atoms with van der Waals surface area (Å²) in [6, 6.07) is 0. The largest absolute Gasteiger partial charge is 0.481 e. The van der Waals surface area contributed by atoms with Crippen molar-refractivity contribution in [1.29, 1.82) is 0 Å². The van der Waals surface area contributed by atoms with Crippen LogP contribution >= 0.6 is 0 Å². The maximum atomic E-state index is 11.3. The topological polar surface area (TPSA) is 46.5 Å². The van der Waals surface area contributed by atoms with Crippen molar-refractivity contribution in [2.24, 2.45) is 5.41 Å². The second-order valence-corrected chi connectivity index (χ2v) is 4.49. The van der Waals surface area contributed by atoms with Crippen molar-refractivity contribution in [3.8, 4) is 0 Å². The average Bonchev–Trinajstić information content (AvgIpc) is 2.17. The van der Waals surface area contributed by atoms with E-state index >= 15 is 0 Å². The average molecular weight is 212 g/mol. The summed E-state index contributed by atoms with van der Waals surface area (Å²) in [7, 11) is 1.65. The Hall–Kier alpha value is -0.830. The predicted octanol–water partition coefficient (Wildman–Crippen LogP) is 2.61. The fraction of sp³-hybridized carbons (Fsp3) is 0.750. The lowest BCUT2D eigenvalue weighted by molar-refractivity contribution is -0.146. The van der Waals surface area contributed by atoms with E-state index in [1.165, 1.54) is 5.57 Å². The molecule has 0 saturated heterocycles. The van der Waals surface area contributed by atoms with Gasteiger partial charge in [-0.3, -0.25) is 4.79 Å². The maximum Gasteiger partial charge on any atom is 0.313 e. The van der Waals surface area contributed by atoms with Crippen molar-refractivity contribution in [3.05, 3.63) is 11.1 Å². The molecule has 1 aliphatic rings. The number of ether oxygens (including phenoxy) is 1. The SMILES string of the molecule is COCCC1=C(C)CCC[C@]1(C)C(=O)O. The van der Waals surface area contributed by atoms with Gasteiger partial charge in [0.15, 0.2) is 0 Å². The van der Waals surface area contributed by atoms with Crippen LogP contribution in [0.5, 0.6) is 0 Å². The molecule has 0 spiro atoms. The van der Waals surface area contributed by atoms with E-state index in [0.717, 1.165) is 31.3 Å². The van der Waals surface area contributed by atoms with E-state index in [1.54, 1.807) is 7.11 Å². The molecule has 86 valence electrons. The monoisotopic (exact) mass is 212 g/mol. The molecule has 0 fully saturated rings. The van der Waals surface area contributed by atoms with E-state index in [-0.39, 0.29) is 0 Å². The number of allylic oxidation sites excluding steroid dienone is 1. The van der Waals surface area contributed by atoms with E-state index < -0.39 is 11.4 Å². The Morgan fingerprint density at radius 1 is 1.60 bits per heavy atom. The van der Waals surface area contributed by atoms with Gasteiger partial charge in [0.1, 0.15) is 0 Å². The zero-order valence-corrected chi connectivity index (χ0v) is 9.80. The van der Waals surface area contributed by atoms with Gasteiger partial charge in [0.05, 0.1) is 5.41 Å². The second-order valence-electron chi connectivity index (χ2n) is 4.49. The molecule has 0 unspecified atom stereocenters. The van der Waals surface area contributed by atoms with Crippen LogP contribution < -0.4 is 0 Å². The highest BCUT2D eigenvalue weighted by Gasteiger charge is 2.39. The number of rotatable bonds is 4. The van der Waals surface area contributed by atoms with Gasteiger partial charge in [-0.1, -0.05) is 11.1 Å². The Bertz CT molecular complexity index is 281. The molecule has 0 heterocycles. The Balaban J connectivity index is 2.95. The summed E-state index contributed by atoms with van der Waals surface area (Å²) in [6.07, 6.45) is 3.50.